The Kier molecular flexibility index (Phi) is 5.48. The molecular weight excluding hydrogens is 312 g/mol. The van der Waals surface area contributed by atoms with Gasteiger partial charge in [-0.25, -0.2) is 18.7 Å². The van der Waals surface area contributed by atoms with Crippen molar-refractivity contribution in [3.63, 3.8) is 0 Å². The fraction of sp³-hybridized carbons (Fsp3) is 0.133. The molecule has 0 spiro atoms. The summed E-state index contributed by atoms with van der Waals surface area (Å²) in [6.07, 6.45) is 1.24. The maximum absolute atomic E-state index is 13.1. The van der Waals surface area contributed by atoms with E-state index in [0.717, 1.165) is 0 Å². The zero-order valence-electron chi connectivity index (χ0n) is 13.7. The molecule has 0 aliphatic rings. The molecule has 3 aromatic rings. The van der Waals surface area contributed by atoms with Gasteiger partial charge in [0, 0.05) is 12.7 Å². The van der Waals surface area contributed by atoms with Crippen LogP contribution in [0.1, 0.15) is 17.5 Å². The van der Waals surface area contributed by atoms with Crippen LogP contribution in [0.25, 0.3) is 16.9 Å². The molecule has 1 N–H and O–H groups in total. The van der Waals surface area contributed by atoms with Gasteiger partial charge < -0.3 is 11.3 Å². The third-order valence-corrected chi connectivity index (χ3v) is 3.19. The van der Waals surface area contributed by atoms with Crippen LogP contribution in [-0.2, 0) is 11.3 Å². The number of fused-ring (bicyclic) bond motifs is 1. The molecular formula is C15H13FN3NaO3. The predicted molar refractivity (Wildman–Crippen MR) is 77.2 cm³/mol. The van der Waals surface area contributed by atoms with E-state index in [1.54, 1.807) is 18.2 Å². The van der Waals surface area contributed by atoms with E-state index in [0.29, 0.717) is 17.0 Å². The first-order chi connectivity index (χ1) is 10.6. The molecule has 0 aliphatic heterocycles. The largest absolute Gasteiger partial charge is 1.00 e. The second-order valence-electron chi connectivity index (χ2n) is 4.67. The number of carboxylic acids is 1. The van der Waals surface area contributed by atoms with Crippen LogP contribution < -0.4 is 29.6 Å². The molecule has 8 heteroatoms. The van der Waals surface area contributed by atoms with Crippen molar-refractivity contribution in [3.8, 4) is 11.3 Å². The van der Waals surface area contributed by atoms with E-state index in [4.69, 9.17) is 4.74 Å². The molecule has 3 rings (SSSR count). The molecule has 0 unspecified atom stereocenters. The van der Waals surface area contributed by atoms with Crippen molar-refractivity contribution in [1.29, 1.82) is 0 Å². The Hall–Kier alpha value is -1.80. The quantitative estimate of drug-likeness (QED) is 0.654. The summed E-state index contributed by atoms with van der Waals surface area (Å²) in [5.41, 5.74) is 2.11. The van der Waals surface area contributed by atoms with Crippen molar-refractivity contribution in [2.45, 2.75) is 6.61 Å². The molecule has 114 valence electrons. The summed E-state index contributed by atoms with van der Waals surface area (Å²) in [5.74, 6) is -1.46. The van der Waals surface area contributed by atoms with Gasteiger partial charge in [-0.3, -0.25) is 0 Å². The van der Waals surface area contributed by atoms with E-state index in [9.17, 15) is 14.3 Å². The summed E-state index contributed by atoms with van der Waals surface area (Å²) in [5, 5.41) is 13.3. The minimum atomic E-state index is -1.11. The molecule has 1 aromatic carbocycles. The van der Waals surface area contributed by atoms with E-state index >= 15 is 0 Å². The maximum Gasteiger partial charge on any atom is 1.00 e. The molecule has 6 nitrogen and oxygen atoms in total. The third kappa shape index (κ3) is 3.42. The second-order valence-corrected chi connectivity index (χ2v) is 4.67. The van der Waals surface area contributed by atoms with Crippen molar-refractivity contribution in [2.24, 2.45) is 0 Å². The normalized spacial score (nSPS) is 10.5. The van der Waals surface area contributed by atoms with Crippen LogP contribution in [0, 0.1) is 5.82 Å². The van der Waals surface area contributed by atoms with Gasteiger partial charge in [0.15, 0.2) is 5.65 Å². The Morgan fingerprint density at radius 3 is 2.70 bits per heavy atom. The fourth-order valence-electron chi connectivity index (χ4n) is 2.21. The molecule has 0 atom stereocenters. The zero-order valence-corrected chi connectivity index (χ0v) is 14.7. The van der Waals surface area contributed by atoms with E-state index in [1.807, 2.05) is 0 Å². The molecule has 0 aliphatic carbocycles. The summed E-state index contributed by atoms with van der Waals surface area (Å²) < 4.78 is 19.6. The van der Waals surface area contributed by atoms with Gasteiger partial charge in [-0.15, -0.1) is 0 Å². The van der Waals surface area contributed by atoms with Gasteiger partial charge in [0.2, 0.25) is 0 Å². The Bertz CT molecular complexity index is 855. The van der Waals surface area contributed by atoms with Crippen molar-refractivity contribution in [1.82, 2.24) is 14.6 Å². The molecule has 0 bridgehead atoms. The molecule has 2 aromatic heterocycles. The van der Waals surface area contributed by atoms with E-state index < -0.39 is 5.97 Å². The van der Waals surface area contributed by atoms with Gasteiger partial charge >= 0.3 is 35.5 Å². The second kappa shape index (κ2) is 7.18. The molecule has 0 saturated carbocycles. The fourth-order valence-corrected chi connectivity index (χ4v) is 2.21. The number of ether oxygens (including phenoxy) is 1. The standard InChI is InChI=1S/C15H12FN3O3.Na.H/c1-22-8-11-6-13(9-2-4-10(16)5-3-9)19-14(18-11)12(7-17-19)15(20)21;;/h2-7H,8H2,1H3,(H,20,21);;/q;+1;-1. The number of carboxylic acid groups (broad SMARTS) is 1. The number of methoxy groups -OCH3 is 1. The van der Waals surface area contributed by atoms with Gasteiger partial charge in [0.05, 0.1) is 24.2 Å². The van der Waals surface area contributed by atoms with Gasteiger partial charge in [0.1, 0.15) is 11.4 Å². The first kappa shape index (κ1) is 17.6. The van der Waals surface area contributed by atoms with Crippen LogP contribution in [0.3, 0.4) is 0 Å². The van der Waals surface area contributed by atoms with Crippen molar-refractivity contribution < 1.29 is 50.0 Å². The molecule has 0 saturated heterocycles. The molecule has 23 heavy (non-hydrogen) atoms. The van der Waals surface area contributed by atoms with Gasteiger partial charge in [-0.05, 0) is 30.3 Å². The van der Waals surface area contributed by atoms with Crippen LogP contribution >= 0.6 is 0 Å². The Balaban J connectivity index is 0.00000144. The minimum Gasteiger partial charge on any atom is -1.00 e. The summed E-state index contributed by atoms with van der Waals surface area (Å²) >= 11 is 0. The smallest absolute Gasteiger partial charge is 1.00 e. The number of hydrogen-bond acceptors (Lipinski definition) is 4. The van der Waals surface area contributed by atoms with Crippen LogP contribution in [-0.4, -0.2) is 32.8 Å². The number of aromatic carboxylic acids is 1. The van der Waals surface area contributed by atoms with Crippen molar-refractivity contribution in [3.05, 3.63) is 53.6 Å². The number of halogens is 1. The van der Waals surface area contributed by atoms with E-state index in [1.165, 1.54) is 30.0 Å². The zero-order chi connectivity index (χ0) is 15.7. The number of benzene rings is 1. The third-order valence-electron chi connectivity index (χ3n) is 3.19. The number of nitrogens with zero attached hydrogens (tertiary/aromatic N) is 3. The molecule has 2 heterocycles. The number of hydrogen-bond donors (Lipinski definition) is 1. The minimum absolute atomic E-state index is 0. The first-order valence-corrected chi connectivity index (χ1v) is 6.46. The summed E-state index contributed by atoms with van der Waals surface area (Å²) in [6, 6.07) is 7.60. The van der Waals surface area contributed by atoms with Gasteiger partial charge in [-0.1, -0.05) is 0 Å². The number of rotatable bonds is 4. The Morgan fingerprint density at radius 1 is 1.39 bits per heavy atom. The summed E-state index contributed by atoms with van der Waals surface area (Å²) in [4.78, 5) is 15.5. The first-order valence-electron chi connectivity index (χ1n) is 6.46. The van der Waals surface area contributed by atoms with Crippen LogP contribution in [0.15, 0.2) is 36.5 Å². The monoisotopic (exact) mass is 325 g/mol. The summed E-state index contributed by atoms with van der Waals surface area (Å²) in [6.45, 7) is 0.231. The Labute approximate surface area is 154 Å². The van der Waals surface area contributed by atoms with E-state index in [2.05, 4.69) is 10.1 Å². The Morgan fingerprint density at radius 2 is 2.09 bits per heavy atom. The average Bonchev–Trinajstić information content (AvgIpc) is 2.91. The molecule has 0 radical (unpaired) electrons. The molecule has 0 fully saturated rings. The number of carbonyl (C=O) groups is 1. The van der Waals surface area contributed by atoms with Crippen LogP contribution in [0.4, 0.5) is 4.39 Å². The number of aromatic nitrogens is 3. The van der Waals surface area contributed by atoms with Gasteiger partial charge in [0.25, 0.3) is 0 Å². The molecule has 0 amide bonds. The SMILES string of the molecule is COCc1cc(-c2ccc(F)cc2)n2ncc(C(=O)O)c2n1.[H-].[Na+]. The van der Waals surface area contributed by atoms with Crippen molar-refractivity contribution >= 4 is 11.6 Å². The van der Waals surface area contributed by atoms with Crippen LogP contribution in [0.2, 0.25) is 0 Å². The average molecular weight is 325 g/mol. The topological polar surface area (TPSA) is 76.7 Å². The predicted octanol–water partition coefficient (Wildman–Crippen LogP) is -0.504. The van der Waals surface area contributed by atoms with Crippen LogP contribution in [0.5, 0.6) is 0 Å². The maximum atomic E-state index is 13.1. The van der Waals surface area contributed by atoms with Crippen molar-refractivity contribution in [2.75, 3.05) is 7.11 Å². The van der Waals surface area contributed by atoms with E-state index in [-0.39, 0.29) is 54.6 Å². The summed E-state index contributed by atoms with van der Waals surface area (Å²) in [7, 11) is 1.53. The van der Waals surface area contributed by atoms with Gasteiger partial charge in [-0.2, -0.15) is 5.10 Å².